The second-order valence-corrected chi connectivity index (χ2v) is 5.34. The third kappa shape index (κ3) is 2.31. The van der Waals surface area contributed by atoms with Crippen LogP contribution in [0.1, 0.15) is 51.9 Å². The molecule has 0 heterocycles. The van der Waals surface area contributed by atoms with Gasteiger partial charge in [0.25, 0.3) is 0 Å². The van der Waals surface area contributed by atoms with Gasteiger partial charge in [-0.3, -0.25) is 0 Å². The summed E-state index contributed by atoms with van der Waals surface area (Å²) in [7, 11) is 2.16. The molecule has 1 atom stereocenters. The average Bonchev–Trinajstić information content (AvgIpc) is 3.04. The molecule has 1 N–H and O–H groups in total. The molecule has 0 radical (unpaired) electrons. The highest BCUT2D eigenvalue weighted by atomic mass is 14.9. The van der Waals surface area contributed by atoms with Crippen molar-refractivity contribution >= 4 is 0 Å². The van der Waals surface area contributed by atoms with E-state index < -0.39 is 0 Å². The fourth-order valence-corrected chi connectivity index (χ4v) is 3.27. The van der Waals surface area contributed by atoms with Gasteiger partial charge in [-0.15, -0.1) is 0 Å². The van der Waals surface area contributed by atoms with Crippen LogP contribution in [0, 0.1) is 17.8 Å². The predicted octanol–water partition coefficient (Wildman–Crippen LogP) is 3.20. The molecule has 0 aromatic carbocycles. The quantitative estimate of drug-likeness (QED) is 0.726. The molecule has 0 amide bonds. The van der Waals surface area contributed by atoms with E-state index in [1.807, 2.05) is 0 Å². The smallest absolute Gasteiger partial charge is 0.0121 e. The second kappa shape index (κ2) is 4.65. The predicted molar refractivity (Wildman–Crippen MR) is 61.3 cm³/mol. The van der Waals surface area contributed by atoms with E-state index in [4.69, 9.17) is 0 Å². The lowest BCUT2D eigenvalue weighted by Crippen LogP contribution is -2.37. The lowest BCUT2D eigenvalue weighted by atomic mass is 9.76. The summed E-state index contributed by atoms with van der Waals surface area (Å²) in [6.45, 7) is 2.35. The van der Waals surface area contributed by atoms with Crippen LogP contribution in [-0.4, -0.2) is 13.1 Å². The second-order valence-electron chi connectivity index (χ2n) is 5.34. The minimum absolute atomic E-state index is 0.854. The minimum Gasteiger partial charge on any atom is -0.316 e. The Hall–Kier alpha value is -0.0400. The third-order valence-corrected chi connectivity index (χ3v) is 4.44. The number of nitrogens with one attached hydrogen (secondary N) is 1. The van der Waals surface area contributed by atoms with Crippen molar-refractivity contribution in [3.05, 3.63) is 0 Å². The topological polar surface area (TPSA) is 12.0 Å². The fraction of sp³-hybridized carbons (Fsp3) is 1.00. The molecular weight excluding hydrogens is 170 g/mol. The Morgan fingerprint density at radius 1 is 1.00 bits per heavy atom. The molecule has 1 unspecified atom stereocenters. The Balaban J connectivity index is 1.80. The van der Waals surface area contributed by atoms with Crippen LogP contribution in [-0.2, 0) is 0 Å². The van der Waals surface area contributed by atoms with Crippen LogP contribution < -0.4 is 5.32 Å². The molecule has 1 nitrogen and oxygen atoms in total. The zero-order chi connectivity index (χ0) is 9.97. The van der Waals surface area contributed by atoms with Gasteiger partial charge in [0.05, 0.1) is 0 Å². The van der Waals surface area contributed by atoms with Crippen LogP contribution in [0.5, 0.6) is 0 Å². The molecule has 0 aromatic heterocycles. The monoisotopic (exact) mass is 195 g/mol. The molecule has 0 aromatic rings. The van der Waals surface area contributed by atoms with Crippen LogP contribution in [0.15, 0.2) is 0 Å². The molecule has 82 valence electrons. The Labute approximate surface area is 88.7 Å². The van der Waals surface area contributed by atoms with Gasteiger partial charge in [-0.2, -0.15) is 0 Å². The SMILES string of the molecule is CCC1CCC(C(NC)C2CC2)CC1. The molecule has 2 aliphatic carbocycles. The van der Waals surface area contributed by atoms with E-state index in [1.165, 1.54) is 44.9 Å². The molecule has 2 saturated carbocycles. The van der Waals surface area contributed by atoms with Crippen LogP contribution >= 0.6 is 0 Å². The summed E-state index contributed by atoms with van der Waals surface area (Å²) in [6, 6.07) is 0.854. The maximum atomic E-state index is 3.57. The van der Waals surface area contributed by atoms with Gasteiger partial charge in [0.15, 0.2) is 0 Å². The fourth-order valence-electron chi connectivity index (χ4n) is 3.27. The molecular formula is C13H25N. The Morgan fingerprint density at radius 2 is 1.50 bits per heavy atom. The van der Waals surface area contributed by atoms with Gasteiger partial charge in [0, 0.05) is 6.04 Å². The molecule has 1 heteroatoms. The van der Waals surface area contributed by atoms with Crippen molar-refractivity contribution in [3.63, 3.8) is 0 Å². The van der Waals surface area contributed by atoms with E-state index in [-0.39, 0.29) is 0 Å². The molecule has 2 rings (SSSR count). The van der Waals surface area contributed by atoms with Gasteiger partial charge in [-0.25, -0.2) is 0 Å². The van der Waals surface area contributed by atoms with Crippen LogP contribution in [0.3, 0.4) is 0 Å². The minimum atomic E-state index is 0.854. The molecule has 14 heavy (non-hydrogen) atoms. The van der Waals surface area contributed by atoms with Gasteiger partial charge in [0.1, 0.15) is 0 Å². The largest absolute Gasteiger partial charge is 0.316 e. The van der Waals surface area contributed by atoms with Crippen molar-refractivity contribution in [1.82, 2.24) is 5.32 Å². The number of rotatable bonds is 4. The Bertz CT molecular complexity index is 166. The van der Waals surface area contributed by atoms with Crippen LogP contribution in [0.4, 0.5) is 0 Å². The number of hydrogen-bond donors (Lipinski definition) is 1. The lowest BCUT2D eigenvalue weighted by molar-refractivity contribution is 0.210. The van der Waals surface area contributed by atoms with Gasteiger partial charge in [-0.1, -0.05) is 26.2 Å². The number of hydrogen-bond acceptors (Lipinski definition) is 1. The van der Waals surface area contributed by atoms with Gasteiger partial charge in [0.2, 0.25) is 0 Å². The normalized spacial score (nSPS) is 35.6. The first kappa shape index (κ1) is 10.5. The zero-order valence-electron chi connectivity index (χ0n) is 9.76. The van der Waals surface area contributed by atoms with E-state index >= 15 is 0 Å². The molecule has 2 fully saturated rings. The standard InChI is InChI=1S/C13H25N/c1-3-10-4-6-11(7-5-10)13(14-2)12-8-9-12/h10-14H,3-9H2,1-2H3. The van der Waals surface area contributed by atoms with Crippen molar-refractivity contribution in [2.24, 2.45) is 17.8 Å². The first-order valence-corrected chi connectivity index (χ1v) is 6.52. The maximum absolute atomic E-state index is 3.57. The van der Waals surface area contributed by atoms with Crippen LogP contribution in [0.2, 0.25) is 0 Å². The highest BCUT2D eigenvalue weighted by Crippen LogP contribution is 2.41. The first-order chi connectivity index (χ1) is 6.85. The van der Waals surface area contributed by atoms with Gasteiger partial charge >= 0.3 is 0 Å². The maximum Gasteiger partial charge on any atom is 0.0121 e. The molecule has 2 aliphatic rings. The summed E-state index contributed by atoms with van der Waals surface area (Å²) in [4.78, 5) is 0. The Kier molecular flexibility index (Phi) is 3.48. The van der Waals surface area contributed by atoms with Crippen molar-refractivity contribution in [1.29, 1.82) is 0 Å². The highest BCUT2D eigenvalue weighted by Gasteiger charge is 2.36. The van der Waals surface area contributed by atoms with Crippen molar-refractivity contribution < 1.29 is 0 Å². The molecule has 0 spiro atoms. The summed E-state index contributed by atoms with van der Waals surface area (Å²) < 4.78 is 0. The summed E-state index contributed by atoms with van der Waals surface area (Å²) in [5.74, 6) is 3.07. The first-order valence-electron chi connectivity index (χ1n) is 6.52. The molecule has 0 saturated heterocycles. The molecule has 0 aliphatic heterocycles. The zero-order valence-corrected chi connectivity index (χ0v) is 9.76. The summed E-state index contributed by atoms with van der Waals surface area (Å²) in [5.41, 5.74) is 0. The molecule has 0 bridgehead atoms. The third-order valence-electron chi connectivity index (χ3n) is 4.44. The van der Waals surface area contributed by atoms with Crippen LogP contribution in [0.25, 0.3) is 0 Å². The van der Waals surface area contributed by atoms with E-state index in [0.717, 1.165) is 23.8 Å². The van der Waals surface area contributed by atoms with Crippen molar-refractivity contribution in [2.75, 3.05) is 7.05 Å². The summed E-state index contributed by atoms with van der Waals surface area (Å²) >= 11 is 0. The van der Waals surface area contributed by atoms with Crippen molar-refractivity contribution in [2.45, 2.75) is 57.9 Å². The Morgan fingerprint density at radius 3 is 1.86 bits per heavy atom. The van der Waals surface area contributed by atoms with E-state index in [9.17, 15) is 0 Å². The van der Waals surface area contributed by atoms with Gasteiger partial charge in [-0.05, 0) is 50.5 Å². The van der Waals surface area contributed by atoms with Gasteiger partial charge < -0.3 is 5.32 Å². The van der Waals surface area contributed by atoms with E-state index in [2.05, 4.69) is 19.3 Å². The highest BCUT2D eigenvalue weighted by molar-refractivity contribution is 4.91. The lowest BCUT2D eigenvalue weighted by Gasteiger charge is -2.33. The summed E-state index contributed by atoms with van der Waals surface area (Å²) in [5, 5.41) is 3.57. The van der Waals surface area contributed by atoms with E-state index in [1.54, 1.807) is 0 Å². The average molecular weight is 195 g/mol. The van der Waals surface area contributed by atoms with E-state index in [0.29, 0.717) is 0 Å². The summed E-state index contributed by atoms with van der Waals surface area (Å²) in [6.07, 6.45) is 10.3. The van der Waals surface area contributed by atoms with Crippen molar-refractivity contribution in [3.8, 4) is 0 Å².